The van der Waals surface area contributed by atoms with E-state index < -0.39 is 0 Å². The molecule has 0 radical (unpaired) electrons. The van der Waals surface area contributed by atoms with Crippen LogP contribution in [-0.2, 0) is 0 Å². The van der Waals surface area contributed by atoms with Gasteiger partial charge in [0.15, 0.2) is 0 Å². The Hall–Kier alpha value is -0.0800. The molecule has 0 bridgehead atoms. The highest BCUT2D eigenvalue weighted by Gasteiger charge is 2.18. The van der Waals surface area contributed by atoms with Crippen molar-refractivity contribution in [3.63, 3.8) is 0 Å². The number of rotatable bonds is 7. The zero-order chi connectivity index (χ0) is 11.2. The molecule has 0 aromatic heterocycles. The van der Waals surface area contributed by atoms with Crippen molar-refractivity contribution in [1.82, 2.24) is 5.32 Å². The molecule has 0 aliphatic rings. The van der Waals surface area contributed by atoms with E-state index in [1.54, 1.807) is 0 Å². The Morgan fingerprint density at radius 1 is 1.29 bits per heavy atom. The largest absolute Gasteiger partial charge is 0.330 e. The fourth-order valence-corrected chi connectivity index (χ4v) is 1.71. The summed E-state index contributed by atoms with van der Waals surface area (Å²) in [5, 5.41) is 3.61. The molecule has 2 nitrogen and oxygen atoms in total. The maximum atomic E-state index is 5.74. The molecule has 0 aromatic rings. The Morgan fingerprint density at radius 2 is 1.86 bits per heavy atom. The highest BCUT2D eigenvalue weighted by Crippen LogP contribution is 2.13. The molecule has 0 amide bonds. The second-order valence-corrected chi connectivity index (χ2v) is 5.25. The van der Waals surface area contributed by atoms with Crippen molar-refractivity contribution < 1.29 is 0 Å². The normalized spacial score (nSPS) is 14.8. The summed E-state index contributed by atoms with van der Waals surface area (Å²) in [5.41, 5.74) is 6.00. The van der Waals surface area contributed by atoms with Gasteiger partial charge in [-0.25, -0.2) is 0 Å². The van der Waals surface area contributed by atoms with E-state index in [1.807, 2.05) is 0 Å². The first-order chi connectivity index (χ1) is 6.43. The van der Waals surface area contributed by atoms with E-state index in [2.05, 4.69) is 39.9 Å². The van der Waals surface area contributed by atoms with E-state index in [-0.39, 0.29) is 5.54 Å². The molecule has 14 heavy (non-hydrogen) atoms. The summed E-state index contributed by atoms with van der Waals surface area (Å²) < 4.78 is 0. The first-order valence-electron chi connectivity index (χ1n) is 5.88. The van der Waals surface area contributed by atoms with Crippen LogP contribution in [0.1, 0.15) is 47.5 Å². The molecule has 1 atom stereocenters. The average Bonchev–Trinajstić information content (AvgIpc) is 2.04. The molecule has 0 rings (SSSR count). The number of nitrogens with one attached hydrogen (secondary N) is 1. The van der Waals surface area contributed by atoms with Crippen molar-refractivity contribution in [2.45, 2.75) is 53.0 Å². The fraction of sp³-hybridized carbons (Fsp3) is 1.00. The summed E-state index contributed by atoms with van der Waals surface area (Å²) in [7, 11) is 0. The summed E-state index contributed by atoms with van der Waals surface area (Å²) in [5.74, 6) is 1.27. The second-order valence-electron chi connectivity index (χ2n) is 5.25. The zero-order valence-corrected chi connectivity index (χ0v) is 10.6. The van der Waals surface area contributed by atoms with Crippen LogP contribution in [0.4, 0.5) is 0 Å². The topological polar surface area (TPSA) is 38.0 Å². The lowest BCUT2D eigenvalue weighted by molar-refractivity contribution is 0.293. The zero-order valence-electron chi connectivity index (χ0n) is 10.6. The molecular weight excluding hydrogens is 172 g/mol. The van der Waals surface area contributed by atoms with Crippen LogP contribution in [0.3, 0.4) is 0 Å². The van der Waals surface area contributed by atoms with Crippen LogP contribution < -0.4 is 11.1 Å². The van der Waals surface area contributed by atoms with Crippen molar-refractivity contribution in [2.75, 3.05) is 13.1 Å². The Labute approximate surface area is 89.6 Å². The number of hydrogen-bond acceptors (Lipinski definition) is 2. The van der Waals surface area contributed by atoms with Crippen molar-refractivity contribution in [2.24, 2.45) is 17.6 Å². The molecular formula is C12H28N2. The summed E-state index contributed by atoms with van der Waals surface area (Å²) >= 11 is 0. The third-order valence-electron chi connectivity index (χ3n) is 2.96. The van der Waals surface area contributed by atoms with Gasteiger partial charge in [-0.15, -0.1) is 0 Å². The van der Waals surface area contributed by atoms with Crippen LogP contribution in [0.15, 0.2) is 0 Å². The number of nitrogens with two attached hydrogens (primary N) is 1. The summed E-state index contributed by atoms with van der Waals surface area (Å²) in [4.78, 5) is 0. The molecule has 2 heteroatoms. The fourth-order valence-electron chi connectivity index (χ4n) is 1.71. The van der Waals surface area contributed by atoms with Crippen molar-refractivity contribution >= 4 is 0 Å². The van der Waals surface area contributed by atoms with Gasteiger partial charge in [0.1, 0.15) is 0 Å². The predicted octanol–water partition coefficient (Wildman–Crippen LogP) is 2.39. The molecule has 0 saturated heterocycles. The molecule has 0 saturated carbocycles. The van der Waals surface area contributed by atoms with Gasteiger partial charge in [-0.2, -0.15) is 0 Å². The smallest absolute Gasteiger partial charge is 0.0125 e. The third-order valence-corrected chi connectivity index (χ3v) is 2.96. The minimum atomic E-state index is 0.261. The van der Waals surface area contributed by atoms with E-state index in [1.165, 1.54) is 12.8 Å². The Kier molecular flexibility index (Phi) is 6.38. The summed E-state index contributed by atoms with van der Waals surface area (Å²) in [6.45, 7) is 13.1. The standard InChI is InChI=1S/C12H28N2/c1-6-7-12(4,5)14-9-11(8-13)10(2)3/h10-11,14H,6-9,13H2,1-5H3. The monoisotopic (exact) mass is 200 g/mol. The molecule has 0 fully saturated rings. The van der Waals surface area contributed by atoms with E-state index in [9.17, 15) is 0 Å². The van der Waals surface area contributed by atoms with E-state index in [0.29, 0.717) is 11.8 Å². The van der Waals surface area contributed by atoms with Gasteiger partial charge in [-0.1, -0.05) is 27.2 Å². The first-order valence-corrected chi connectivity index (χ1v) is 5.88. The van der Waals surface area contributed by atoms with Gasteiger partial charge in [0.05, 0.1) is 0 Å². The van der Waals surface area contributed by atoms with Gasteiger partial charge in [0, 0.05) is 5.54 Å². The average molecular weight is 200 g/mol. The van der Waals surface area contributed by atoms with Gasteiger partial charge in [-0.3, -0.25) is 0 Å². The summed E-state index contributed by atoms with van der Waals surface area (Å²) in [6, 6.07) is 0. The lowest BCUT2D eigenvalue weighted by atomic mass is 9.93. The van der Waals surface area contributed by atoms with Gasteiger partial charge in [-0.05, 0) is 45.2 Å². The van der Waals surface area contributed by atoms with Gasteiger partial charge in [0.2, 0.25) is 0 Å². The molecule has 3 N–H and O–H groups in total. The Balaban J connectivity index is 3.89. The van der Waals surface area contributed by atoms with Crippen molar-refractivity contribution in [3.05, 3.63) is 0 Å². The van der Waals surface area contributed by atoms with Gasteiger partial charge < -0.3 is 11.1 Å². The molecule has 0 heterocycles. The van der Waals surface area contributed by atoms with Crippen LogP contribution in [-0.4, -0.2) is 18.6 Å². The van der Waals surface area contributed by atoms with Crippen LogP contribution in [0.25, 0.3) is 0 Å². The lowest BCUT2D eigenvalue weighted by Crippen LogP contribution is -2.44. The lowest BCUT2D eigenvalue weighted by Gasteiger charge is -2.29. The first kappa shape index (κ1) is 13.9. The molecule has 0 aliphatic heterocycles. The van der Waals surface area contributed by atoms with E-state index in [0.717, 1.165) is 13.1 Å². The SMILES string of the molecule is CCCC(C)(C)NCC(CN)C(C)C. The predicted molar refractivity (Wildman–Crippen MR) is 64.4 cm³/mol. The van der Waals surface area contributed by atoms with Crippen LogP contribution in [0.5, 0.6) is 0 Å². The van der Waals surface area contributed by atoms with Gasteiger partial charge >= 0.3 is 0 Å². The van der Waals surface area contributed by atoms with Crippen LogP contribution in [0.2, 0.25) is 0 Å². The molecule has 86 valence electrons. The van der Waals surface area contributed by atoms with E-state index in [4.69, 9.17) is 5.73 Å². The van der Waals surface area contributed by atoms with Crippen molar-refractivity contribution in [3.8, 4) is 0 Å². The highest BCUT2D eigenvalue weighted by molar-refractivity contribution is 4.79. The van der Waals surface area contributed by atoms with Crippen LogP contribution >= 0.6 is 0 Å². The van der Waals surface area contributed by atoms with Crippen molar-refractivity contribution in [1.29, 1.82) is 0 Å². The van der Waals surface area contributed by atoms with Crippen LogP contribution in [0, 0.1) is 11.8 Å². The Morgan fingerprint density at radius 3 is 2.21 bits per heavy atom. The Bertz CT molecular complexity index is 141. The third kappa shape index (κ3) is 5.61. The second kappa shape index (κ2) is 6.41. The maximum absolute atomic E-state index is 5.74. The minimum Gasteiger partial charge on any atom is -0.330 e. The maximum Gasteiger partial charge on any atom is 0.0125 e. The molecule has 0 spiro atoms. The highest BCUT2D eigenvalue weighted by atomic mass is 15.0. The van der Waals surface area contributed by atoms with Gasteiger partial charge in [0.25, 0.3) is 0 Å². The quantitative estimate of drug-likeness (QED) is 0.662. The molecule has 0 aliphatic carbocycles. The summed E-state index contributed by atoms with van der Waals surface area (Å²) in [6.07, 6.45) is 2.46. The van der Waals surface area contributed by atoms with E-state index >= 15 is 0 Å². The number of hydrogen-bond donors (Lipinski definition) is 2. The molecule has 1 unspecified atom stereocenters. The minimum absolute atomic E-state index is 0.261. The molecule has 0 aromatic carbocycles.